The first kappa shape index (κ1) is 10.3. The summed E-state index contributed by atoms with van der Waals surface area (Å²) in [5.41, 5.74) is 3.96. The number of benzene rings is 1. The van der Waals surface area contributed by atoms with Crippen LogP contribution in [0.1, 0.15) is 31.4 Å². The summed E-state index contributed by atoms with van der Waals surface area (Å²) in [6, 6.07) is 6.93. The molecule has 1 aromatic rings. The van der Waals surface area contributed by atoms with E-state index in [2.05, 4.69) is 56.4 Å². The Bertz CT molecular complexity index is 379. The molecule has 1 nitrogen and oxygen atoms in total. The molecule has 0 fully saturated rings. The van der Waals surface area contributed by atoms with E-state index in [1.165, 1.54) is 23.2 Å². The van der Waals surface area contributed by atoms with Crippen molar-refractivity contribution < 1.29 is 0 Å². The van der Waals surface area contributed by atoms with Crippen LogP contribution in [0.3, 0.4) is 0 Å². The Morgan fingerprint density at radius 1 is 1.40 bits per heavy atom. The van der Waals surface area contributed by atoms with Crippen molar-refractivity contribution in [2.45, 2.75) is 33.2 Å². The van der Waals surface area contributed by atoms with Gasteiger partial charge in [-0.05, 0) is 24.0 Å². The Balaban J connectivity index is 2.29. The van der Waals surface area contributed by atoms with Crippen LogP contribution in [0.2, 0.25) is 0 Å². The van der Waals surface area contributed by atoms with E-state index in [-0.39, 0.29) is 0 Å². The molecule has 0 aromatic heterocycles. The number of anilines is 1. The molecule has 2 unspecified atom stereocenters. The third-order valence-electron chi connectivity index (χ3n) is 3.36. The second-order valence-electron chi connectivity index (χ2n) is 4.45. The SMILES string of the molecule is CCC(C)C1C=Cc2cccc(C)c2N1. The number of aryl methyl sites for hydroxylation is 1. The van der Waals surface area contributed by atoms with Gasteiger partial charge >= 0.3 is 0 Å². The fourth-order valence-electron chi connectivity index (χ4n) is 2.03. The standard InChI is InChI=1S/C14H19N/c1-4-10(2)13-9-8-12-7-5-6-11(3)14(12)15-13/h5-10,13,15H,4H2,1-3H3. The third kappa shape index (κ3) is 1.92. The quantitative estimate of drug-likeness (QED) is 0.766. The molecule has 1 heteroatoms. The van der Waals surface area contributed by atoms with Crippen molar-refractivity contribution in [3.05, 3.63) is 35.4 Å². The zero-order chi connectivity index (χ0) is 10.8. The highest BCUT2D eigenvalue weighted by atomic mass is 14.9. The van der Waals surface area contributed by atoms with E-state index in [0.29, 0.717) is 12.0 Å². The van der Waals surface area contributed by atoms with Gasteiger partial charge in [0.1, 0.15) is 0 Å². The topological polar surface area (TPSA) is 12.0 Å². The molecule has 1 aromatic carbocycles. The van der Waals surface area contributed by atoms with Gasteiger partial charge in [0.25, 0.3) is 0 Å². The van der Waals surface area contributed by atoms with Crippen molar-refractivity contribution in [2.75, 3.05) is 5.32 Å². The monoisotopic (exact) mass is 201 g/mol. The van der Waals surface area contributed by atoms with E-state index in [1.54, 1.807) is 0 Å². The summed E-state index contributed by atoms with van der Waals surface area (Å²) < 4.78 is 0. The first-order chi connectivity index (χ1) is 7.22. The lowest BCUT2D eigenvalue weighted by Crippen LogP contribution is -2.27. The fourth-order valence-corrected chi connectivity index (χ4v) is 2.03. The normalized spacial score (nSPS) is 20.6. The molecule has 1 aliphatic rings. The minimum atomic E-state index is 0.489. The molecule has 0 bridgehead atoms. The molecule has 0 amide bonds. The number of hydrogen-bond donors (Lipinski definition) is 1. The summed E-state index contributed by atoms with van der Waals surface area (Å²) in [5.74, 6) is 0.689. The summed E-state index contributed by atoms with van der Waals surface area (Å²) in [4.78, 5) is 0. The minimum Gasteiger partial charge on any atom is -0.378 e. The highest BCUT2D eigenvalue weighted by molar-refractivity contribution is 5.73. The second-order valence-corrected chi connectivity index (χ2v) is 4.45. The first-order valence-corrected chi connectivity index (χ1v) is 5.76. The van der Waals surface area contributed by atoms with E-state index in [1.807, 2.05) is 0 Å². The number of hydrogen-bond acceptors (Lipinski definition) is 1. The molecule has 15 heavy (non-hydrogen) atoms. The van der Waals surface area contributed by atoms with Crippen molar-refractivity contribution >= 4 is 11.8 Å². The molecule has 2 rings (SSSR count). The molecule has 0 radical (unpaired) electrons. The summed E-state index contributed by atoms with van der Waals surface area (Å²) in [6.07, 6.45) is 5.74. The predicted molar refractivity (Wildman–Crippen MR) is 67.1 cm³/mol. The van der Waals surface area contributed by atoms with Gasteiger partial charge in [-0.15, -0.1) is 0 Å². The maximum absolute atomic E-state index is 3.63. The van der Waals surface area contributed by atoms with Gasteiger partial charge in [0.05, 0.1) is 0 Å². The Morgan fingerprint density at radius 2 is 2.20 bits per heavy atom. The summed E-state index contributed by atoms with van der Waals surface area (Å²) >= 11 is 0. The Labute approximate surface area is 92.2 Å². The predicted octanol–water partition coefficient (Wildman–Crippen LogP) is 3.85. The number of fused-ring (bicyclic) bond motifs is 1. The molecule has 0 aliphatic carbocycles. The van der Waals surface area contributed by atoms with Crippen molar-refractivity contribution in [1.82, 2.24) is 0 Å². The molecule has 0 saturated carbocycles. The smallest absolute Gasteiger partial charge is 0.0473 e. The molecule has 1 heterocycles. The maximum Gasteiger partial charge on any atom is 0.0473 e. The molecule has 2 atom stereocenters. The molecule has 1 N–H and O–H groups in total. The van der Waals surface area contributed by atoms with Crippen LogP contribution in [0, 0.1) is 12.8 Å². The van der Waals surface area contributed by atoms with Gasteiger partial charge in [0, 0.05) is 11.7 Å². The number of para-hydroxylation sites is 1. The number of rotatable bonds is 2. The lowest BCUT2D eigenvalue weighted by molar-refractivity contribution is 0.525. The van der Waals surface area contributed by atoms with Crippen LogP contribution >= 0.6 is 0 Å². The minimum absolute atomic E-state index is 0.489. The van der Waals surface area contributed by atoms with Crippen LogP contribution in [0.4, 0.5) is 5.69 Å². The van der Waals surface area contributed by atoms with Crippen molar-refractivity contribution in [3.63, 3.8) is 0 Å². The Hall–Kier alpha value is -1.24. The largest absolute Gasteiger partial charge is 0.378 e. The van der Waals surface area contributed by atoms with Gasteiger partial charge < -0.3 is 5.32 Å². The molecule has 0 saturated heterocycles. The Kier molecular flexibility index (Phi) is 2.81. The molecule has 80 valence electrons. The van der Waals surface area contributed by atoms with Crippen molar-refractivity contribution in [1.29, 1.82) is 0 Å². The third-order valence-corrected chi connectivity index (χ3v) is 3.36. The van der Waals surface area contributed by atoms with Crippen LogP contribution in [0.25, 0.3) is 6.08 Å². The van der Waals surface area contributed by atoms with E-state index in [9.17, 15) is 0 Å². The van der Waals surface area contributed by atoms with Crippen LogP contribution in [0.15, 0.2) is 24.3 Å². The van der Waals surface area contributed by atoms with Crippen molar-refractivity contribution in [3.8, 4) is 0 Å². The van der Waals surface area contributed by atoms with E-state index in [4.69, 9.17) is 0 Å². The molecule has 1 aliphatic heterocycles. The molecule has 0 spiro atoms. The average molecular weight is 201 g/mol. The van der Waals surface area contributed by atoms with Gasteiger partial charge in [-0.1, -0.05) is 50.6 Å². The average Bonchev–Trinajstić information content (AvgIpc) is 2.28. The van der Waals surface area contributed by atoms with Crippen LogP contribution < -0.4 is 5.32 Å². The molecular formula is C14H19N. The lowest BCUT2D eigenvalue weighted by atomic mass is 9.93. The fraction of sp³-hybridized carbons (Fsp3) is 0.429. The van der Waals surface area contributed by atoms with Crippen LogP contribution in [-0.2, 0) is 0 Å². The van der Waals surface area contributed by atoms with Gasteiger partial charge in [0.2, 0.25) is 0 Å². The maximum atomic E-state index is 3.63. The van der Waals surface area contributed by atoms with Gasteiger partial charge in [0.15, 0.2) is 0 Å². The molecular weight excluding hydrogens is 182 g/mol. The zero-order valence-corrected chi connectivity index (χ0v) is 9.75. The van der Waals surface area contributed by atoms with E-state index >= 15 is 0 Å². The van der Waals surface area contributed by atoms with E-state index in [0.717, 1.165) is 0 Å². The van der Waals surface area contributed by atoms with Gasteiger partial charge in [-0.2, -0.15) is 0 Å². The lowest BCUT2D eigenvalue weighted by Gasteiger charge is -2.27. The van der Waals surface area contributed by atoms with Gasteiger partial charge in [-0.3, -0.25) is 0 Å². The summed E-state index contributed by atoms with van der Waals surface area (Å²) in [7, 11) is 0. The zero-order valence-electron chi connectivity index (χ0n) is 9.75. The second kappa shape index (κ2) is 4.09. The number of nitrogens with one attached hydrogen (secondary N) is 1. The van der Waals surface area contributed by atoms with Crippen LogP contribution in [0.5, 0.6) is 0 Å². The van der Waals surface area contributed by atoms with Gasteiger partial charge in [-0.25, -0.2) is 0 Å². The van der Waals surface area contributed by atoms with Crippen molar-refractivity contribution in [2.24, 2.45) is 5.92 Å². The highest BCUT2D eigenvalue weighted by Crippen LogP contribution is 2.29. The summed E-state index contributed by atoms with van der Waals surface area (Å²) in [5, 5.41) is 3.63. The highest BCUT2D eigenvalue weighted by Gasteiger charge is 2.17. The van der Waals surface area contributed by atoms with Crippen LogP contribution in [-0.4, -0.2) is 6.04 Å². The van der Waals surface area contributed by atoms with E-state index < -0.39 is 0 Å². The Morgan fingerprint density at radius 3 is 2.93 bits per heavy atom. The summed E-state index contributed by atoms with van der Waals surface area (Å²) in [6.45, 7) is 6.71. The first-order valence-electron chi connectivity index (χ1n) is 5.76.